The molecule has 0 radical (unpaired) electrons. The van der Waals surface area contributed by atoms with E-state index >= 15 is 0 Å². The molecule has 0 unspecified atom stereocenters. The van der Waals surface area contributed by atoms with Gasteiger partial charge in [0, 0.05) is 6.20 Å². The fraction of sp³-hybridized carbons (Fsp3) is 0.133. The minimum absolute atomic E-state index is 0.303. The van der Waals surface area contributed by atoms with E-state index in [4.69, 9.17) is 0 Å². The highest BCUT2D eigenvalue weighted by atomic mass is 32.1. The van der Waals surface area contributed by atoms with E-state index in [2.05, 4.69) is 20.1 Å². The summed E-state index contributed by atoms with van der Waals surface area (Å²) in [6.07, 6.45) is 3.42. The predicted octanol–water partition coefficient (Wildman–Crippen LogP) is 3.34. The fourth-order valence-corrected chi connectivity index (χ4v) is 2.64. The van der Waals surface area contributed by atoms with Crippen LogP contribution in [0.5, 0.6) is 0 Å². The number of carbonyl (C=O) groups excluding carboxylic acids is 1. The molecular formula is C15H15N5OS. The van der Waals surface area contributed by atoms with Gasteiger partial charge in [-0.25, -0.2) is 4.79 Å². The van der Waals surface area contributed by atoms with Gasteiger partial charge in [0.15, 0.2) is 0 Å². The number of benzene rings is 1. The second kappa shape index (κ2) is 6.40. The summed E-state index contributed by atoms with van der Waals surface area (Å²) in [6, 6.07) is 11.5. The Kier molecular flexibility index (Phi) is 4.15. The molecule has 6 nitrogen and oxygen atoms in total. The standard InChI is InChI=1S/C15H15N5OS/c1-11-7-14(22-19-11)18-15(21)17-13-8-16-20(10-13)9-12-5-3-2-4-6-12/h2-8,10H,9H2,1H3,(H2,17,18,21). The molecule has 0 bridgehead atoms. The molecule has 2 amide bonds. The lowest BCUT2D eigenvalue weighted by atomic mass is 10.2. The zero-order valence-corrected chi connectivity index (χ0v) is 12.8. The Morgan fingerprint density at radius 1 is 1.27 bits per heavy atom. The average Bonchev–Trinajstić information content (AvgIpc) is 3.09. The van der Waals surface area contributed by atoms with Crippen molar-refractivity contribution in [3.05, 3.63) is 60.0 Å². The first-order valence-corrected chi connectivity index (χ1v) is 7.54. The number of aryl methyl sites for hydroxylation is 1. The first-order valence-electron chi connectivity index (χ1n) is 6.77. The molecule has 0 fully saturated rings. The van der Waals surface area contributed by atoms with Crippen molar-refractivity contribution in [1.82, 2.24) is 14.2 Å². The highest BCUT2D eigenvalue weighted by Gasteiger charge is 2.07. The molecule has 0 aliphatic carbocycles. The van der Waals surface area contributed by atoms with Crippen molar-refractivity contribution in [1.29, 1.82) is 0 Å². The summed E-state index contributed by atoms with van der Waals surface area (Å²) < 4.78 is 5.89. The number of aromatic nitrogens is 3. The summed E-state index contributed by atoms with van der Waals surface area (Å²) >= 11 is 1.25. The number of nitrogens with one attached hydrogen (secondary N) is 2. The van der Waals surface area contributed by atoms with Gasteiger partial charge in [-0.1, -0.05) is 30.3 Å². The van der Waals surface area contributed by atoms with Crippen LogP contribution in [-0.4, -0.2) is 20.2 Å². The topological polar surface area (TPSA) is 71.8 Å². The van der Waals surface area contributed by atoms with Gasteiger partial charge in [-0.3, -0.25) is 10.00 Å². The van der Waals surface area contributed by atoms with E-state index in [0.717, 1.165) is 11.3 Å². The first-order chi connectivity index (χ1) is 10.7. The van der Waals surface area contributed by atoms with Gasteiger partial charge in [-0.05, 0) is 30.1 Å². The van der Waals surface area contributed by atoms with Crippen molar-refractivity contribution in [2.75, 3.05) is 10.6 Å². The van der Waals surface area contributed by atoms with Crippen LogP contribution in [-0.2, 0) is 6.54 Å². The normalized spacial score (nSPS) is 10.4. The Balaban J connectivity index is 1.58. The summed E-state index contributed by atoms with van der Waals surface area (Å²) in [4.78, 5) is 11.9. The third-order valence-corrected chi connectivity index (χ3v) is 3.74. The fourth-order valence-electron chi connectivity index (χ4n) is 1.98. The Labute approximate surface area is 132 Å². The van der Waals surface area contributed by atoms with Crippen LogP contribution in [0.2, 0.25) is 0 Å². The molecule has 1 aromatic carbocycles. The minimum Gasteiger partial charge on any atom is -0.305 e. The molecule has 0 atom stereocenters. The number of hydrogen-bond donors (Lipinski definition) is 2. The van der Waals surface area contributed by atoms with Gasteiger partial charge in [0.05, 0.1) is 24.1 Å². The van der Waals surface area contributed by atoms with Crippen molar-refractivity contribution < 1.29 is 4.79 Å². The van der Waals surface area contributed by atoms with Crippen LogP contribution in [0.25, 0.3) is 0 Å². The lowest BCUT2D eigenvalue weighted by Crippen LogP contribution is -2.18. The molecule has 3 aromatic rings. The number of carbonyl (C=O) groups is 1. The van der Waals surface area contributed by atoms with E-state index in [9.17, 15) is 4.79 Å². The summed E-state index contributed by atoms with van der Waals surface area (Å²) in [5, 5.41) is 10.4. The minimum atomic E-state index is -0.303. The molecule has 0 spiro atoms. The lowest BCUT2D eigenvalue weighted by molar-refractivity contribution is 0.262. The van der Waals surface area contributed by atoms with Crippen molar-refractivity contribution in [2.24, 2.45) is 0 Å². The van der Waals surface area contributed by atoms with E-state index in [-0.39, 0.29) is 6.03 Å². The molecule has 3 rings (SSSR count). The third-order valence-electron chi connectivity index (χ3n) is 2.94. The SMILES string of the molecule is Cc1cc(NC(=O)Nc2cnn(Cc3ccccc3)c2)sn1. The molecule has 22 heavy (non-hydrogen) atoms. The van der Waals surface area contributed by atoms with Crippen LogP contribution in [0.3, 0.4) is 0 Å². The van der Waals surface area contributed by atoms with Crippen LogP contribution >= 0.6 is 11.5 Å². The molecule has 0 saturated heterocycles. The van der Waals surface area contributed by atoms with Crippen LogP contribution in [0, 0.1) is 6.92 Å². The third kappa shape index (κ3) is 3.70. The van der Waals surface area contributed by atoms with Crippen molar-refractivity contribution in [3.8, 4) is 0 Å². The van der Waals surface area contributed by atoms with E-state index in [1.54, 1.807) is 17.1 Å². The summed E-state index contributed by atoms with van der Waals surface area (Å²) in [5.41, 5.74) is 2.69. The van der Waals surface area contributed by atoms with Gasteiger partial charge >= 0.3 is 6.03 Å². The maximum Gasteiger partial charge on any atom is 0.324 e. The van der Waals surface area contributed by atoms with Gasteiger partial charge in [0.1, 0.15) is 5.00 Å². The Bertz CT molecular complexity index is 765. The van der Waals surface area contributed by atoms with Gasteiger partial charge in [-0.2, -0.15) is 9.47 Å². The van der Waals surface area contributed by atoms with Gasteiger partial charge in [0.25, 0.3) is 0 Å². The quantitative estimate of drug-likeness (QED) is 0.776. The monoisotopic (exact) mass is 313 g/mol. The van der Waals surface area contributed by atoms with E-state index in [1.807, 2.05) is 43.3 Å². The summed E-state index contributed by atoms with van der Waals surface area (Å²) in [5.74, 6) is 0. The highest BCUT2D eigenvalue weighted by molar-refractivity contribution is 7.10. The van der Waals surface area contributed by atoms with Gasteiger partial charge < -0.3 is 5.32 Å². The van der Waals surface area contributed by atoms with Crippen LogP contribution in [0.1, 0.15) is 11.3 Å². The smallest absolute Gasteiger partial charge is 0.305 e. The van der Waals surface area contributed by atoms with E-state index in [1.165, 1.54) is 11.5 Å². The second-order valence-electron chi connectivity index (χ2n) is 4.82. The molecule has 2 N–H and O–H groups in total. The maximum atomic E-state index is 11.9. The molecule has 112 valence electrons. The molecule has 2 heterocycles. The molecule has 0 aliphatic rings. The second-order valence-corrected chi connectivity index (χ2v) is 5.63. The van der Waals surface area contributed by atoms with Gasteiger partial charge in [0.2, 0.25) is 0 Å². The van der Waals surface area contributed by atoms with Crippen LogP contribution in [0.15, 0.2) is 48.8 Å². The zero-order chi connectivity index (χ0) is 15.4. The van der Waals surface area contributed by atoms with Crippen molar-refractivity contribution in [2.45, 2.75) is 13.5 Å². The Morgan fingerprint density at radius 2 is 2.09 bits per heavy atom. The van der Waals surface area contributed by atoms with Crippen molar-refractivity contribution >= 4 is 28.3 Å². The van der Waals surface area contributed by atoms with Crippen LogP contribution < -0.4 is 10.6 Å². The molecule has 0 saturated carbocycles. The number of hydrogen-bond acceptors (Lipinski definition) is 4. The number of urea groups is 1. The van der Waals surface area contributed by atoms with Crippen molar-refractivity contribution in [3.63, 3.8) is 0 Å². The maximum absolute atomic E-state index is 11.9. The Hall–Kier alpha value is -2.67. The highest BCUT2D eigenvalue weighted by Crippen LogP contribution is 2.16. The predicted molar refractivity (Wildman–Crippen MR) is 87.3 cm³/mol. The number of rotatable bonds is 4. The molecule has 0 aliphatic heterocycles. The zero-order valence-electron chi connectivity index (χ0n) is 12.0. The molecule has 7 heteroatoms. The number of amides is 2. The number of nitrogens with zero attached hydrogens (tertiary/aromatic N) is 3. The molecular weight excluding hydrogens is 298 g/mol. The summed E-state index contributed by atoms with van der Waals surface area (Å²) in [7, 11) is 0. The van der Waals surface area contributed by atoms with E-state index < -0.39 is 0 Å². The largest absolute Gasteiger partial charge is 0.324 e. The number of anilines is 2. The summed E-state index contributed by atoms with van der Waals surface area (Å²) in [6.45, 7) is 2.55. The lowest BCUT2D eigenvalue weighted by Gasteiger charge is -2.03. The first kappa shape index (κ1) is 14.3. The Morgan fingerprint density at radius 3 is 2.82 bits per heavy atom. The van der Waals surface area contributed by atoms with E-state index in [0.29, 0.717) is 17.2 Å². The molecule has 2 aromatic heterocycles. The average molecular weight is 313 g/mol. The van der Waals surface area contributed by atoms with Gasteiger partial charge in [-0.15, -0.1) is 0 Å². The van der Waals surface area contributed by atoms with Crippen LogP contribution in [0.4, 0.5) is 15.5 Å².